The van der Waals surface area contributed by atoms with Crippen LogP contribution in [0.3, 0.4) is 0 Å². The van der Waals surface area contributed by atoms with Crippen LogP contribution in [0.25, 0.3) is 16.7 Å². The predicted molar refractivity (Wildman–Crippen MR) is 97.7 cm³/mol. The Kier molecular flexibility index (Phi) is 5.77. The second-order valence-electron chi connectivity index (χ2n) is 5.72. The fourth-order valence-corrected chi connectivity index (χ4v) is 2.58. The fourth-order valence-electron chi connectivity index (χ4n) is 2.58. The molecule has 1 heterocycles. The summed E-state index contributed by atoms with van der Waals surface area (Å²) in [5.41, 5.74) is 4.15. The van der Waals surface area contributed by atoms with Gasteiger partial charge >= 0.3 is 0 Å². The maximum atomic E-state index is 11.8. The van der Waals surface area contributed by atoms with Gasteiger partial charge in [-0.2, -0.15) is 0 Å². The molecule has 130 valence electrons. The molecule has 6 nitrogen and oxygen atoms in total. The van der Waals surface area contributed by atoms with E-state index < -0.39 is 0 Å². The highest BCUT2D eigenvalue weighted by Crippen LogP contribution is 2.18. The molecule has 0 atom stereocenters. The van der Waals surface area contributed by atoms with E-state index in [-0.39, 0.29) is 5.91 Å². The van der Waals surface area contributed by atoms with Crippen LogP contribution in [0.2, 0.25) is 0 Å². The van der Waals surface area contributed by atoms with Crippen molar-refractivity contribution in [1.29, 1.82) is 0 Å². The van der Waals surface area contributed by atoms with Crippen molar-refractivity contribution in [2.24, 2.45) is 0 Å². The van der Waals surface area contributed by atoms with Crippen LogP contribution in [0.1, 0.15) is 5.56 Å². The van der Waals surface area contributed by atoms with Gasteiger partial charge in [-0.05, 0) is 29.8 Å². The van der Waals surface area contributed by atoms with Crippen molar-refractivity contribution in [2.45, 2.75) is 6.54 Å². The van der Waals surface area contributed by atoms with Crippen molar-refractivity contribution in [3.63, 3.8) is 0 Å². The minimum atomic E-state index is -0.0271. The van der Waals surface area contributed by atoms with Crippen molar-refractivity contribution in [3.8, 4) is 5.69 Å². The Morgan fingerprint density at radius 3 is 2.76 bits per heavy atom. The van der Waals surface area contributed by atoms with Gasteiger partial charge in [0.15, 0.2) is 0 Å². The average molecular weight is 338 g/mol. The van der Waals surface area contributed by atoms with Crippen LogP contribution in [0.15, 0.2) is 54.9 Å². The second-order valence-corrected chi connectivity index (χ2v) is 5.72. The largest absolute Gasteiger partial charge is 0.383 e. The van der Waals surface area contributed by atoms with Gasteiger partial charge < -0.3 is 15.4 Å². The zero-order valence-corrected chi connectivity index (χ0v) is 14.2. The van der Waals surface area contributed by atoms with Gasteiger partial charge in [0.25, 0.3) is 0 Å². The number of ether oxygens (including phenoxy) is 1. The molecule has 0 fully saturated rings. The number of carbonyl (C=O) groups excluding carboxylic acids is 1. The van der Waals surface area contributed by atoms with E-state index in [0.717, 1.165) is 22.3 Å². The smallest absolute Gasteiger partial charge is 0.234 e. The van der Waals surface area contributed by atoms with Crippen molar-refractivity contribution in [2.75, 3.05) is 26.8 Å². The SMILES string of the molecule is COCCNCC(=O)NCc1ccc(-n2cnc3ccccc32)cc1. The summed E-state index contributed by atoms with van der Waals surface area (Å²) >= 11 is 0. The number of nitrogens with zero attached hydrogens (tertiary/aromatic N) is 2. The standard InChI is InChI=1S/C19H22N4O2/c1-25-11-10-20-13-19(24)21-12-15-6-8-16(9-7-15)23-14-22-17-4-2-3-5-18(17)23/h2-9,14,20H,10-13H2,1H3,(H,21,24). The molecule has 3 aromatic rings. The first-order chi connectivity index (χ1) is 12.3. The summed E-state index contributed by atoms with van der Waals surface area (Å²) in [5.74, 6) is -0.0271. The van der Waals surface area contributed by atoms with E-state index in [9.17, 15) is 4.79 Å². The van der Waals surface area contributed by atoms with E-state index in [0.29, 0.717) is 26.2 Å². The molecule has 1 amide bonds. The highest BCUT2D eigenvalue weighted by molar-refractivity contribution is 5.78. The van der Waals surface area contributed by atoms with Crippen molar-refractivity contribution in [1.82, 2.24) is 20.2 Å². The maximum Gasteiger partial charge on any atom is 0.234 e. The monoisotopic (exact) mass is 338 g/mol. The Hall–Kier alpha value is -2.70. The minimum Gasteiger partial charge on any atom is -0.383 e. The summed E-state index contributed by atoms with van der Waals surface area (Å²) in [6.07, 6.45) is 1.83. The van der Waals surface area contributed by atoms with Crippen LogP contribution in [-0.4, -0.2) is 42.3 Å². The van der Waals surface area contributed by atoms with Crippen molar-refractivity contribution < 1.29 is 9.53 Å². The number of aromatic nitrogens is 2. The number of para-hydroxylation sites is 2. The summed E-state index contributed by atoms with van der Waals surface area (Å²) in [6, 6.07) is 16.1. The Balaban J connectivity index is 1.56. The summed E-state index contributed by atoms with van der Waals surface area (Å²) < 4.78 is 6.97. The van der Waals surface area contributed by atoms with Gasteiger partial charge in [0, 0.05) is 25.9 Å². The van der Waals surface area contributed by atoms with E-state index >= 15 is 0 Å². The first-order valence-corrected chi connectivity index (χ1v) is 8.25. The van der Waals surface area contributed by atoms with Gasteiger partial charge in [-0.3, -0.25) is 9.36 Å². The van der Waals surface area contributed by atoms with Gasteiger partial charge in [0.05, 0.1) is 24.2 Å². The molecule has 0 aliphatic rings. The highest BCUT2D eigenvalue weighted by Gasteiger charge is 2.04. The number of fused-ring (bicyclic) bond motifs is 1. The molecule has 0 saturated heterocycles. The van der Waals surface area contributed by atoms with Gasteiger partial charge in [-0.25, -0.2) is 4.98 Å². The molecule has 0 aliphatic carbocycles. The third-order valence-electron chi connectivity index (χ3n) is 3.93. The normalized spacial score (nSPS) is 10.9. The van der Waals surface area contributed by atoms with Crippen LogP contribution in [0, 0.1) is 0 Å². The Bertz CT molecular complexity index is 827. The number of carbonyl (C=O) groups is 1. The van der Waals surface area contributed by atoms with Gasteiger partial charge in [0.1, 0.15) is 6.33 Å². The lowest BCUT2D eigenvalue weighted by Crippen LogP contribution is -2.34. The molecule has 0 unspecified atom stereocenters. The molecule has 1 aromatic heterocycles. The Morgan fingerprint density at radius 2 is 1.96 bits per heavy atom. The summed E-state index contributed by atoms with van der Waals surface area (Å²) in [7, 11) is 1.64. The summed E-state index contributed by atoms with van der Waals surface area (Å²) in [4.78, 5) is 16.2. The number of rotatable bonds is 8. The minimum absolute atomic E-state index is 0.0271. The van der Waals surface area contributed by atoms with E-state index in [1.165, 1.54) is 0 Å². The molecule has 0 bridgehead atoms. The number of amides is 1. The third-order valence-corrected chi connectivity index (χ3v) is 3.93. The van der Waals surface area contributed by atoms with Gasteiger partial charge in [-0.1, -0.05) is 24.3 Å². The molecule has 0 aliphatic heterocycles. The topological polar surface area (TPSA) is 68.2 Å². The molecule has 0 saturated carbocycles. The fraction of sp³-hybridized carbons (Fsp3) is 0.263. The molecule has 2 aromatic carbocycles. The molecular formula is C19H22N4O2. The molecule has 3 rings (SSSR count). The molecular weight excluding hydrogens is 316 g/mol. The first-order valence-electron chi connectivity index (χ1n) is 8.25. The van der Waals surface area contributed by atoms with Crippen LogP contribution in [-0.2, 0) is 16.1 Å². The number of nitrogens with one attached hydrogen (secondary N) is 2. The van der Waals surface area contributed by atoms with Crippen LogP contribution >= 0.6 is 0 Å². The van der Waals surface area contributed by atoms with E-state index in [1.54, 1.807) is 7.11 Å². The van der Waals surface area contributed by atoms with Gasteiger partial charge in [-0.15, -0.1) is 0 Å². The number of benzene rings is 2. The predicted octanol–water partition coefficient (Wildman–Crippen LogP) is 1.88. The number of hydrogen-bond acceptors (Lipinski definition) is 4. The summed E-state index contributed by atoms with van der Waals surface area (Å²) in [5, 5.41) is 5.92. The highest BCUT2D eigenvalue weighted by atomic mass is 16.5. The first kappa shape index (κ1) is 17.1. The second kappa shape index (κ2) is 8.41. The van der Waals surface area contributed by atoms with Crippen LogP contribution in [0.5, 0.6) is 0 Å². The Morgan fingerprint density at radius 1 is 1.16 bits per heavy atom. The zero-order valence-electron chi connectivity index (χ0n) is 14.2. The molecule has 0 radical (unpaired) electrons. The molecule has 2 N–H and O–H groups in total. The van der Waals surface area contributed by atoms with Crippen LogP contribution in [0.4, 0.5) is 0 Å². The average Bonchev–Trinajstić information content (AvgIpc) is 3.08. The van der Waals surface area contributed by atoms with E-state index in [4.69, 9.17) is 4.74 Å². The lowest BCUT2D eigenvalue weighted by Gasteiger charge is -2.08. The molecule has 0 spiro atoms. The molecule has 6 heteroatoms. The third kappa shape index (κ3) is 4.43. The molecule has 25 heavy (non-hydrogen) atoms. The zero-order chi connectivity index (χ0) is 17.5. The Labute approximate surface area is 146 Å². The van der Waals surface area contributed by atoms with E-state index in [2.05, 4.69) is 20.2 Å². The number of hydrogen-bond donors (Lipinski definition) is 2. The lowest BCUT2D eigenvalue weighted by molar-refractivity contribution is -0.120. The quantitative estimate of drug-likeness (QED) is 0.616. The van der Waals surface area contributed by atoms with Crippen molar-refractivity contribution >= 4 is 16.9 Å². The lowest BCUT2D eigenvalue weighted by atomic mass is 10.2. The summed E-state index contributed by atoms with van der Waals surface area (Å²) in [6.45, 7) is 2.06. The van der Waals surface area contributed by atoms with Crippen molar-refractivity contribution in [3.05, 3.63) is 60.4 Å². The van der Waals surface area contributed by atoms with Crippen LogP contribution < -0.4 is 10.6 Å². The van der Waals surface area contributed by atoms with E-state index in [1.807, 2.05) is 54.9 Å². The number of methoxy groups -OCH3 is 1. The number of imidazole rings is 1. The maximum absolute atomic E-state index is 11.8. The van der Waals surface area contributed by atoms with Gasteiger partial charge in [0.2, 0.25) is 5.91 Å².